The first-order chi connectivity index (χ1) is 12.5. The normalized spacial score (nSPS) is 11.8. The van der Waals surface area contributed by atoms with Crippen molar-refractivity contribution in [2.45, 2.75) is 5.25 Å². The number of ether oxygens (including phenoxy) is 2. The molecule has 0 fully saturated rings. The Hall–Kier alpha value is -3.00. The number of nitrogens with zero attached hydrogens (tertiary/aromatic N) is 3. The van der Waals surface area contributed by atoms with Crippen LogP contribution in [0.2, 0.25) is 0 Å². The average molecular weight is 371 g/mol. The molecule has 1 heterocycles. The van der Waals surface area contributed by atoms with Crippen LogP contribution in [0.4, 0.5) is 0 Å². The number of rotatable bonds is 6. The summed E-state index contributed by atoms with van der Waals surface area (Å²) in [5.41, 5.74) is 1.48. The van der Waals surface area contributed by atoms with Crippen LogP contribution in [0.15, 0.2) is 48.5 Å². The summed E-state index contributed by atoms with van der Waals surface area (Å²) in [5, 5.41) is 16.5. The van der Waals surface area contributed by atoms with Crippen molar-refractivity contribution in [1.29, 1.82) is 0 Å². The molecule has 134 valence electrons. The molecule has 1 aromatic heterocycles. The summed E-state index contributed by atoms with van der Waals surface area (Å²) in [6.45, 7) is 0. The maximum Gasteiger partial charge on any atom is 0.324 e. The second-order valence-corrected chi connectivity index (χ2v) is 5.90. The monoisotopic (exact) mass is 371 g/mol. The molecule has 0 aliphatic rings. The van der Waals surface area contributed by atoms with Gasteiger partial charge < -0.3 is 14.6 Å². The molecule has 0 bridgehead atoms. The van der Waals surface area contributed by atoms with Crippen LogP contribution < -0.4 is 9.47 Å². The summed E-state index contributed by atoms with van der Waals surface area (Å²) in [5.74, 6) is 1.03. The highest BCUT2D eigenvalue weighted by Crippen LogP contribution is 2.30. The van der Waals surface area contributed by atoms with Crippen molar-refractivity contribution in [1.82, 2.24) is 14.8 Å². The minimum absolute atomic E-state index is 0.219. The molecule has 2 aromatic carbocycles. The maximum atomic E-state index is 11.4. The Labute approximate surface area is 155 Å². The second kappa shape index (κ2) is 7.49. The van der Waals surface area contributed by atoms with Crippen LogP contribution in [0.1, 0.15) is 11.1 Å². The number of benzene rings is 2. The maximum absolute atomic E-state index is 11.4. The predicted octanol–water partition coefficient (Wildman–Crippen LogP) is 3.01. The first kappa shape index (κ1) is 17.8. The quantitative estimate of drug-likeness (QED) is 0.648. The summed E-state index contributed by atoms with van der Waals surface area (Å²) in [6.07, 6.45) is 0. The first-order valence-electron chi connectivity index (χ1n) is 7.70. The number of methoxy groups -OCH3 is 2. The Morgan fingerprint density at radius 3 is 2.04 bits per heavy atom. The first-order valence-corrected chi connectivity index (χ1v) is 8.22. The van der Waals surface area contributed by atoms with Gasteiger partial charge in [0.25, 0.3) is 0 Å². The number of carboxylic acid groups (broad SMARTS) is 1. The molecule has 3 rings (SSSR count). The fourth-order valence-electron chi connectivity index (χ4n) is 2.50. The van der Waals surface area contributed by atoms with Crippen molar-refractivity contribution in [3.05, 3.63) is 54.4 Å². The zero-order valence-corrected chi connectivity index (χ0v) is 15.1. The highest BCUT2D eigenvalue weighted by Gasteiger charge is 2.25. The minimum atomic E-state index is -1.11. The lowest BCUT2D eigenvalue weighted by atomic mass is 10.2. The largest absolute Gasteiger partial charge is 0.497 e. The molecule has 0 aliphatic heterocycles. The third-order valence-electron chi connectivity index (χ3n) is 3.85. The average Bonchev–Trinajstić information content (AvgIpc) is 3.12. The lowest BCUT2D eigenvalue weighted by Gasteiger charge is -2.13. The fraction of sp³-hybridized carbons (Fsp3) is 0.167. The van der Waals surface area contributed by atoms with E-state index in [1.54, 1.807) is 55.2 Å². The second-order valence-electron chi connectivity index (χ2n) is 5.38. The smallest absolute Gasteiger partial charge is 0.324 e. The van der Waals surface area contributed by atoms with Gasteiger partial charge in [-0.2, -0.15) is 12.6 Å². The Morgan fingerprint density at radius 1 is 1.00 bits per heavy atom. The molecular formula is C18H17N3O4S. The van der Waals surface area contributed by atoms with Crippen LogP contribution in [-0.4, -0.2) is 40.1 Å². The fourth-order valence-corrected chi connectivity index (χ4v) is 2.66. The Balaban J connectivity index is 2.15. The third-order valence-corrected chi connectivity index (χ3v) is 4.30. The SMILES string of the molecule is COc1ccc(-c2nnc(C(S)C(=O)O)n2-c2ccc(OC)cc2)cc1. The summed E-state index contributed by atoms with van der Waals surface area (Å²) < 4.78 is 12.0. The van der Waals surface area contributed by atoms with Gasteiger partial charge >= 0.3 is 5.97 Å². The summed E-state index contributed by atoms with van der Waals surface area (Å²) in [7, 11) is 3.17. The molecule has 8 heteroatoms. The number of thiol groups is 1. The van der Waals surface area contributed by atoms with Gasteiger partial charge in [0.1, 0.15) is 11.5 Å². The molecule has 7 nitrogen and oxygen atoms in total. The number of hydrogen-bond donors (Lipinski definition) is 2. The van der Waals surface area contributed by atoms with Crippen LogP contribution in [0, 0.1) is 0 Å². The van der Waals surface area contributed by atoms with Crippen LogP contribution in [0.5, 0.6) is 11.5 Å². The van der Waals surface area contributed by atoms with E-state index in [4.69, 9.17) is 9.47 Å². The molecule has 0 spiro atoms. The zero-order valence-electron chi connectivity index (χ0n) is 14.2. The summed E-state index contributed by atoms with van der Waals surface area (Å²) >= 11 is 4.16. The molecule has 26 heavy (non-hydrogen) atoms. The van der Waals surface area contributed by atoms with Gasteiger partial charge in [-0.1, -0.05) is 0 Å². The van der Waals surface area contributed by atoms with Gasteiger partial charge in [0, 0.05) is 11.3 Å². The van der Waals surface area contributed by atoms with E-state index in [9.17, 15) is 9.90 Å². The molecule has 0 aliphatic carbocycles. The van der Waals surface area contributed by atoms with Gasteiger partial charge in [-0.05, 0) is 48.5 Å². The van der Waals surface area contributed by atoms with Crippen molar-refractivity contribution in [3.8, 4) is 28.6 Å². The van der Waals surface area contributed by atoms with Crippen molar-refractivity contribution >= 4 is 18.6 Å². The van der Waals surface area contributed by atoms with E-state index in [0.717, 1.165) is 5.56 Å². The Bertz CT molecular complexity index is 907. The van der Waals surface area contributed by atoms with Crippen molar-refractivity contribution in [2.75, 3.05) is 14.2 Å². The number of carboxylic acids is 1. The molecule has 1 atom stereocenters. The van der Waals surface area contributed by atoms with Gasteiger partial charge in [0.2, 0.25) is 0 Å². The molecule has 1 N–H and O–H groups in total. The van der Waals surface area contributed by atoms with E-state index in [2.05, 4.69) is 22.8 Å². The number of hydrogen-bond acceptors (Lipinski definition) is 6. The standard InChI is InChI=1S/C18H17N3O4S/c1-24-13-7-3-11(4-8-13)16-19-20-17(15(26)18(22)23)21(16)12-5-9-14(25-2)10-6-12/h3-10,15,26H,1-2H3,(H,22,23). The summed E-state index contributed by atoms with van der Waals surface area (Å²) in [6, 6.07) is 14.5. The molecule has 0 amide bonds. The molecule has 3 aromatic rings. The van der Waals surface area contributed by atoms with Gasteiger partial charge in [-0.3, -0.25) is 9.36 Å². The molecular weight excluding hydrogens is 354 g/mol. The molecule has 1 unspecified atom stereocenters. The molecule has 0 saturated heterocycles. The lowest BCUT2D eigenvalue weighted by Crippen LogP contribution is -2.12. The van der Waals surface area contributed by atoms with E-state index in [1.807, 2.05) is 12.1 Å². The van der Waals surface area contributed by atoms with Gasteiger partial charge in [-0.15, -0.1) is 10.2 Å². The van der Waals surface area contributed by atoms with Gasteiger partial charge in [0.05, 0.1) is 14.2 Å². The van der Waals surface area contributed by atoms with E-state index in [0.29, 0.717) is 23.0 Å². The van der Waals surface area contributed by atoms with Gasteiger partial charge in [0.15, 0.2) is 16.9 Å². The lowest BCUT2D eigenvalue weighted by molar-refractivity contribution is -0.136. The number of carbonyl (C=O) groups is 1. The summed E-state index contributed by atoms with van der Waals surface area (Å²) in [4.78, 5) is 11.4. The molecule has 0 saturated carbocycles. The van der Waals surface area contributed by atoms with E-state index >= 15 is 0 Å². The topological polar surface area (TPSA) is 86.5 Å². The van der Waals surface area contributed by atoms with Crippen LogP contribution in [-0.2, 0) is 4.79 Å². The minimum Gasteiger partial charge on any atom is -0.497 e. The molecule has 0 radical (unpaired) electrons. The van der Waals surface area contributed by atoms with Crippen LogP contribution in [0.25, 0.3) is 17.1 Å². The van der Waals surface area contributed by atoms with Crippen LogP contribution in [0.3, 0.4) is 0 Å². The van der Waals surface area contributed by atoms with Gasteiger partial charge in [-0.25, -0.2) is 0 Å². The number of aromatic nitrogens is 3. The highest BCUT2D eigenvalue weighted by molar-refractivity contribution is 7.81. The van der Waals surface area contributed by atoms with E-state index < -0.39 is 11.2 Å². The highest BCUT2D eigenvalue weighted by atomic mass is 32.1. The Morgan fingerprint density at radius 2 is 1.54 bits per heavy atom. The number of aliphatic carboxylic acids is 1. The van der Waals surface area contributed by atoms with Crippen molar-refractivity contribution in [3.63, 3.8) is 0 Å². The third kappa shape index (κ3) is 3.36. The Kier molecular flexibility index (Phi) is 5.13. The van der Waals surface area contributed by atoms with E-state index in [1.165, 1.54) is 0 Å². The van der Waals surface area contributed by atoms with Crippen molar-refractivity contribution < 1.29 is 19.4 Å². The zero-order chi connectivity index (χ0) is 18.7. The van der Waals surface area contributed by atoms with E-state index in [-0.39, 0.29) is 5.82 Å². The van der Waals surface area contributed by atoms with Crippen LogP contribution >= 0.6 is 12.6 Å². The predicted molar refractivity (Wildman–Crippen MR) is 99.3 cm³/mol. The van der Waals surface area contributed by atoms with Crippen molar-refractivity contribution in [2.24, 2.45) is 0 Å².